The van der Waals surface area contributed by atoms with E-state index in [4.69, 9.17) is 0 Å². The van der Waals surface area contributed by atoms with Crippen LogP contribution in [0.15, 0.2) is 72.0 Å². The molecule has 1 saturated heterocycles. The normalized spacial score (nSPS) is 21.2. The van der Waals surface area contributed by atoms with Crippen LogP contribution in [0.2, 0.25) is 0 Å². The van der Waals surface area contributed by atoms with Crippen molar-refractivity contribution in [3.8, 4) is 11.3 Å². The maximum Gasteiger partial charge on any atom is 0.317 e. The van der Waals surface area contributed by atoms with Gasteiger partial charge in [0.1, 0.15) is 0 Å². The molecule has 0 radical (unpaired) electrons. The first-order valence-electron chi connectivity index (χ1n) is 12.2. The molecule has 2 aliphatic rings. The number of aliphatic hydroxyl groups is 1. The summed E-state index contributed by atoms with van der Waals surface area (Å²) in [4.78, 5) is 36.3. The Morgan fingerprint density at radius 2 is 1.89 bits per heavy atom. The molecular weight excluding hydrogens is 442 g/mol. The number of hydrogen-bond donors (Lipinski definition) is 2. The van der Waals surface area contributed by atoms with Crippen molar-refractivity contribution in [2.75, 3.05) is 13.1 Å². The number of piperidine rings is 1. The van der Waals surface area contributed by atoms with Gasteiger partial charge < -0.3 is 15.3 Å². The molecule has 1 spiro atoms. The first kappa shape index (κ1) is 23.2. The Labute approximate surface area is 204 Å². The summed E-state index contributed by atoms with van der Waals surface area (Å²) in [7, 11) is 0. The molecule has 2 aromatic heterocycles. The standard InChI is InChI=1S/C27H31N5O3/c33-24-15-23(22-8-2-1-3-9-22)30-20-32(24)19-27(35)12-14-31(18-26(27)10-4-5-11-26)25(34)29-17-21-7-6-13-28-16-21/h1-3,6-9,13,15-16,20,35H,4-5,10-12,14,17-19H2,(H,29,34). The molecule has 8 heteroatoms. The molecule has 35 heavy (non-hydrogen) atoms. The van der Waals surface area contributed by atoms with E-state index in [0.29, 0.717) is 31.7 Å². The van der Waals surface area contributed by atoms with Gasteiger partial charge in [-0.3, -0.25) is 14.3 Å². The van der Waals surface area contributed by atoms with Crippen molar-refractivity contribution in [3.05, 3.63) is 83.2 Å². The van der Waals surface area contributed by atoms with Crippen molar-refractivity contribution in [3.63, 3.8) is 0 Å². The molecule has 8 nitrogen and oxygen atoms in total. The van der Waals surface area contributed by atoms with Crippen molar-refractivity contribution < 1.29 is 9.90 Å². The molecule has 1 atom stereocenters. The number of benzene rings is 1. The Bertz CT molecular complexity index is 1220. The van der Waals surface area contributed by atoms with Crippen LogP contribution < -0.4 is 10.9 Å². The summed E-state index contributed by atoms with van der Waals surface area (Å²) in [6.45, 7) is 1.50. The average Bonchev–Trinajstić information content (AvgIpc) is 3.37. The first-order valence-corrected chi connectivity index (χ1v) is 12.2. The largest absolute Gasteiger partial charge is 0.387 e. The van der Waals surface area contributed by atoms with Gasteiger partial charge in [-0.25, -0.2) is 9.78 Å². The van der Waals surface area contributed by atoms with E-state index in [1.54, 1.807) is 12.4 Å². The third-order valence-corrected chi connectivity index (χ3v) is 7.67. The number of pyridine rings is 1. The van der Waals surface area contributed by atoms with Gasteiger partial charge in [0.05, 0.1) is 24.2 Å². The van der Waals surface area contributed by atoms with Gasteiger partial charge in [-0.2, -0.15) is 0 Å². The second-order valence-electron chi connectivity index (χ2n) is 9.82. The lowest BCUT2D eigenvalue weighted by Gasteiger charge is -2.52. The minimum Gasteiger partial charge on any atom is -0.387 e. The molecule has 1 aromatic carbocycles. The summed E-state index contributed by atoms with van der Waals surface area (Å²) in [5, 5.41) is 14.9. The number of nitrogens with one attached hydrogen (secondary N) is 1. The number of carbonyl (C=O) groups is 1. The smallest absolute Gasteiger partial charge is 0.317 e. The summed E-state index contributed by atoms with van der Waals surface area (Å²) in [5.74, 6) is 0. The van der Waals surface area contributed by atoms with E-state index >= 15 is 0 Å². The quantitative estimate of drug-likeness (QED) is 0.593. The molecule has 182 valence electrons. The second kappa shape index (κ2) is 9.62. The zero-order valence-corrected chi connectivity index (χ0v) is 19.8. The number of aromatic nitrogens is 3. The first-order chi connectivity index (χ1) is 17.0. The minimum atomic E-state index is -1.08. The maximum atomic E-state index is 13.0. The van der Waals surface area contributed by atoms with Crippen molar-refractivity contribution in [2.24, 2.45) is 5.41 Å². The van der Waals surface area contributed by atoms with Gasteiger partial charge in [0.15, 0.2) is 0 Å². The zero-order chi connectivity index (χ0) is 24.3. The highest BCUT2D eigenvalue weighted by atomic mass is 16.3. The van der Waals surface area contributed by atoms with Crippen molar-refractivity contribution >= 4 is 6.03 Å². The van der Waals surface area contributed by atoms with Gasteiger partial charge in [-0.1, -0.05) is 49.2 Å². The molecule has 0 bridgehead atoms. The van der Waals surface area contributed by atoms with Gasteiger partial charge >= 0.3 is 6.03 Å². The summed E-state index contributed by atoms with van der Waals surface area (Å²) in [6, 6.07) is 14.8. The van der Waals surface area contributed by atoms with E-state index in [1.807, 2.05) is 47.4 Å². The van der Waals surface area contributed by atoms with Crippen LogP contribution in [0, 0.1) is 5.41 Å². The third-order valence-electron chi connectivity index (χ3n) is 7.67. The summed E-state index contributed by atoms with van der Waals surface area (Å²) in [5.41, 5.74) is 0.744. The monoisotopic (exact) mass is 473 g/mol. The van der Waals surface area contributed by atoms with Crippen LogP contribution >= 0.6 is 0 Å². The highest BCUT2D eigenvalue weighted by molar-refractivity contribution is 5.74. The Morgan fingerprint density at radius 3 is 2.60 bits per heavy atom. The van der Waals surface area contributed by atoms with E-state index in [2.05, 4.69) is 15.3 Å². The predicted molar refractivity (Wildman–Crippen MR) is 132 cm³/mol. The number of likely N-dealkylation sites (tertiary alicyclic amines) is 1. The summed E-state index contributed by atoms with van der Waals surface area (Å²) < 4.78 is 1.52. The molecule has 2 amide bonds. The molecule has 3 heterocycles. The highest BCUT2D eigenvalue weighted by Crippen LogP contribution is 2.51. The van der Waals surface area contributed by atoms with Crippen LogP contribution in [0.25, 0.3) is 11.3 Å². The van der Waals surface area contributed by atoms with Crippen LogP contribution in [0.4, 0.5) is 4.79 Å². The number of carbonyl (C=O) groups excluding carboxylic acids is 1. The van der Waals surface area contributed by atoms with E-state index in [9.17, 15) is 14.7 Å². The van der Waals surface area contributed by atoms with E-state index in [-0.39, 0.29) is 18.1 Å². The second-order valence-corrected chi connectivity index (χ2v) is 9.82. The van der Waals surface area contributed by atoms with Crippen LogP contribution in [-0.4, -0.2) is 49.3 Å². The van der Waals surface area contributed by atoms with Gasteiger partial charge in [0.25, 0.3) is 5.56 Å². The lowest BCUT2D eigenvalue weighted by Crippen LogP contribution is -2.63. The predicted octanol–water partition coefficient (Wildman–Crippen LogP) is 3.21. The Balaban J connectivity index is 1.31. The number of hydrogen-bond acceptors (Lipinski definition) is 5. The van der Waals surface area contributed by atoms with E-state index < -0.39 is 11.0 Å². The lowest BCUT2D eigenvalue weighted by molar-refractivity contribution is -0.135. The molecule has 1 saturated carbocycles. The number of urea groups is 1. The SMILES string of the molecule is O=C(NCc1cccnc1)N1CCC(O)(Cn2cnc(-c3ccccc3)cc2=O)C2(CCCC2)C1. The van der Waals surface area contributed by atoms with Gasteiger partial charge in [0.2, 0.25) is 0 Å². The maximum absolute atomic E-state index is 13.0. The van der Waals surface area contributed by atoms with Crippen LogP contribution in [-0.2, 0) is 13.1 Å². The molecule has 3 aromatic rings. The fourth-order valence-corrected chi connectivity index (χ4v) is 5.66. The average molecular weight is 474 g/mol. The third kappa shape index (κ3) is 4.71. The van der Waals surface area contributed by atoms with E-state index in [0.717, 1.165) is 36.8 Å². The van der Waals surface area contributed by atoms with Gasteiger partial charge in [-0.15, -0.1) is 0 Å². The summed E-state index contributed by atoms with van der Waals surface area (Å²) >= 11 is 0. The minimum absolute atomic E-state index is 0.131. The van der Waals surface area contributed by atoms with Crippen LogP contribution in [0.5, 0.6) is 0 Å². The van der Waals surface area contributed by atoms with Crippen molar-refractivity contribution in [1.82, 2.24) is 24.8 Å². The lowest BCUT2D eigenvalue weighted by atomic mass is 9.66. The topological polar surface area (TPSA) is 100 Å². The fourth-order valence-electron chi connectivity index (χ4n) is 5.66. The van der Waals surface area contributed by atoms with Crippen molar-refractivity contribution in [2.45, 2.75) is 50.8 Å². The van der Waals surface area contributed by atoms with E-state index in [1.165, 1.54) is 17.0 Å². The number of amides is 2. The van der Waals surface area contributed by atoms with Crippen LogP contribution in [0.3, 0.4) is 0 Å². The Morgan fingerprint density at radius 1 is 1.09 bits per heavy atom. The molecular formula is C27H31N5O3. The van der Waals surface area contributed by atoms with Crippen LogP contribution in [0.1, 0.15) is 37.7 Å². The van der Waals surface area contributed by atoms with Gasteiger partial charge in [-0.05, 0) is 30.9 Å². The molecule has 1 unspecified atom stereocenters. The molecule has 1 aliphatic heterocycles. The molecule has 2 N–H and O–H groups in total. The van der Waals surface area contributed by atoms with Crippen molar-refractivity contribution in [1.29, 1.82) is 0 Å². The Kier molecular flexibility index (Phi) is 6.38. The molecule has 2 fully saturated rings. The summed E-state index contributed by atoms with van der Waals surface area (Å²) in [6.07, 6.45) is 9.08. The van der Waals surface area contributed by atoms with Gasteiger partial charge in [0, 0.05) is 49.1 Å². The number of rotatable bonds is 5. The molecule has 5 rings (SSSR count). The Hall–Kier alpha value is -3.52. The fraction of sp³-hybridized carbons (Fsp3) is 0.407. The highest BCUT2D eigenvalue weighted by Gasteiger charge is 2.55. The molecule has 1 aliphatic carbocycles. The number of nitrogens with zero attached hydrogens (tertiary/aromatic N) is 4. The zero-order valence-electron chi connectivity index (χ0n) is 19.8.